The molecule has 0 bridgehead atoms. The Labute approximate surface area is 159 Å². The van der Waals surface area contributed by atoms with Gasteiger partial charge in [0.2, 0.25) is 11.8 Å². The molecule has 2 aliphatic heterocycles. The van der Waals surface area contributed by atoms with Gasteiger partial charge in [-0.3, -0.25) is 14.6 Å². The van der Waals surface area contributed by atoms with Crippen LogP contribution in [0.1, 0.15) is 42.7 Å². The molecule has 3 heterocycles. The Morgan fingerprint density at radius 3 is 2.63 bits per heavy atom. The summed E-state index contributed by atoms with van der Waals surface area (Å²) in [6.07, 6.45) is 7.29. The van der Waals surface area contributed by atoms with Crippen LogP contribution in [0.15, 0.2) is 54.9 Å². The van der Waals surface area contributed by atoms with Crippen molar-refractivity contribution in [2.45, 2.75) is 43.6 Å². The van der Waals surface area contributed by atoms with Gasteiger partial charge in [0.15, 0.2) is 0 Å². The molecule has 1 spiro atoms. The van der Waals surface area contributed by atoms with Crippen LogP contribution in [0.2, 0.25) is 0 Å². The number of rotatable bonds is 4. The topological polar surface area (TPSA) is 62.3 Å². The second-order valence-electron chi connectivity index (χ2n) is 7.68. The van der Waals surface area contributed by atoms with Crippen molar-refractivity contribution in [3.63, 3.8) is 0 Å². The number of aromatic nitrogens is 1. The number of hydrogen-bond donors (Lipinski definition) is 1. The molecular formula is C22H25N3O2. The third-order valence-corrected chi connectivity index (χ3v) is 5.93. The maximum atomic E-state index is 12.5. The number of amides is 2. The first kappa shape index (κ1) is 17.7. The summed E-state index contributed by atoms with van der Waals surface area (Å²) in [4.78, 5) is 31.1. The van der Waals surface area contributed by atoms with E-state index in [-0.39, 0.29) is 23.3 Å². The summed E-state index contributed by atoms with van der Waals surface area (Å²) < 4.78 is 0. The Morgan fingerprint density at radius 1 is 1.15 bits per heavy atom. The minimum Gasteiger partial charge on any atom is -0.350 e. The number of likely N-dealkylation sites (tertiary alicyclic amines) is 1. The molecule has 1 aromatic heterocycles. The highest BCUT2D eigenvalue weighted by atomic mass is 16.2. The number of nitrogens with zero attached hydrogens (tertiary/aromatic N) is 2. The minimum atomic E-state index is -0.155. The third-order valence-electron chi connectivity index (χ3n) is 5.93. The molecular weight excluding hydrogens is 338 g/mol. The predicted molar refractivity (Wildman–Crippen MR) is 103 cm³/mol. The molecule has 2 fully saturated rings. The lowest BCUT2D eigenvalue weighted by Crippen LogP contribution is -2.52. The van der Waals surface area contributed by atoms with E-state index >= 15 is 0 Å². The van der Waals surface area contributed by atoms with Gasteiger partial charge in [-0.25, -0.2) is 0 Å². The zero-order valence-electron chi connectivity index (χ0n) is 15.4. The highest BCUT2D eigenvalue weighted by Gasteiger charge is 2.46. The molecule has 1 aromatic carbocycles. The normalized spacial score (nSPS) is 21.3. The summed E-state index contributed by atoms with van der Waals surface area (Å²) in [6.45, 7) is 1.43. The Balaban J connectivity index is 1.32. The van der Waals surface area contributed by atoms with E-state index in [4.69, 9.17) is 0 Å². The maximum absolute atomic E-state index is 12.5. The fourth-order valence-corrected chi connectivity index (χ4v) is 4.31. The van der Waals surface area contributed by atoms with Gasteiger partial charge in [-0.1, -0.05) is 36.4 Å². The van der Waals surface area contributed by atoms with Crippen LogP contribution in [0.3, 0.4) is 0 Å². The van der Waals surface area contributed by atoms with Crippen molar-refractivity contribution in [2.75, 3.05) is 13.1 Å². The molecule has 0 saturated carbocycles. The molecule has 27 heavy (non-hydrogen) atoms. The number of nitrogens with one attached hydrogen (secondary N) is 1. The van der Waals surface area contributed by atoms with Crippen LogP contribution < -0.4 is 5.32 Å². The summed E-state index contributed by atoms with van der Waals surface area (Å²) in [5.74, 6) is 0.245. The Morgan fingerprint density at radius 2 is 1.93 bits per heavy atom. The van der Waals surface area contributed by atoms with E-state index in [1.54, 1.807) is 6.20 Å². The van der Waals surface area contributed by atoms with Crippen LogP contribution in [0, 0.1) is 0 Å². The van der Waals surface area contributed by atoms with Gasteiger partial charge >= 0.3 is 0 Å². The second-order valence-corrected chi connectivity index (χ2v) is 7.68. The fraction of sp³-hybridized carbons (Fsp3) is 0.409. The van der Waals surface area contributed by atoms with Crippen LogP contribution in [0.25, 0.3) is 0 Å². The highest BCUT2D eigenvalue weighted by Crippen LogP contribution is 2.39. The Hall–Kier alpha value is -2.69. The molecule has 2 aromatic rings. The standard InChI is InChI=1S/C22H25N3O2/c26-20(9-8-17-5-4-12-23-16-17)25-13-10-22(11-14-25)15-19(21(27)24-22)18-6-2-1-3-7-18/h1-7,12,16,19H,8-11,13-15H2,(H,24,27)/t19-/m1/s1. The van der Waals surface area contributed by atoms with E-state index in [1.165, 1.54) is 0 Å². The van der Waals surface area contributed by atoms with Crippen molar-refractivity contribution in [3.05, 3.63) is 66.0 Å². The van der Waals surface area contributed by atoms with Gasteiger partial charge < -0.3 is 10.2 Å². The molecule has 2 saturated heterocycles. The Kier molecular flexibility index (Phi) is 4.92. The lowest BCUT2D eigenvalue weighted by molar-refractivity contribution is -0.132. The van der Waals surface area contributed by atoms with Crippen molar-refractivity contribution < 1.29 is 9.59 Å². The van der Waals surface area contributed by atoms with Gasteiger partial charge in [0.05, 0.1) is 5.92 Å². The Bertz CT molecular complexity index is 799. The van der Waals surface area contributed by atoms with Gasteiger partial charge in [-0.05, 0) is 42.9 Å². The number of carbonyl (C=O) groups is 2. The van der Waals surface area contributed by atoms with Crippen molar-refractivity contribution >= 4 is 11.8 Å². The van der Waals surface area contributed by atoms with Crippen LogP contribution in [0.4, 0.5) is 0 Å². The summed E-state index contributed by atoms with van der Waals surface area (Å²) in [5.41, 5.74) is 2.02. The zero-order valence-corrected chi connectivity index (χ0v) is 15.4. The van der Waals surface area contributed by atoms with Gasteiger partial charge in [-0.2, -0.15) is 0 Å². The molecule has 0 unspecified atom stereocenters. The van der Waals surface area contributed by atoms with Crippen molar-refractivity contribution in [3.8, 4) is 0 Å². The first-order valence-corrected chi connectivity index (χ1v) is 9.69. The van der Waals surface area contributed by atoms with Gasteiger partial charge in [0, 0.05) is 37.4 Å². The quantitative estimate of drug-likeness (QED) is 0.908. The maximum Gasteiger partial charge on any atom is 0.228 e. The largest absolute Gasteiger partial charge is 0.350 e. The van der Waals surface area contributed by atoms with E-state index in [2.05, 4.69) is 10.3 Å². The number of pyridine rings is 1. The first-order chi connectivity index (χ1) is 13.2. The minimum absolute atomic E-state index is 0.0703. The summed E-state index contributed by atoms with van der Waals surface area (Å²) >= 11 is 0. The number of carbonyl (C=O) groups excluding carboxylic acids is 2. The molecule has 2 aliphatic rings. The third kappa shape index (κ3) is 3.87. The molecule has 5 nitrogen and oxygen atoms in total. The summed E-state index contributed by atoms with van der Waals surface area (Å²) in [7, 11) is 0. The van der Waals surface area contributed by atoms with E-state index in [0.717, 1.165) is 36.8 Å². The smallest absolute Gasteiger partial charge is 0.228 e. The van der Waals surface area contributed by atoms with Gasteiger partial charge in [0.25, 0.3) is 0 Å². The number of aryl methyl sites for hydroxylation is 1. The predicted octanol–water partition coefficient (Wildman–Crippen LogP) is 2.68. The summed E-state index contributed by atoms with van der Waals surface area (Å²) in [5, 5.41) is 3.25. The van der Waals surface area contributed by atoms with Crippen LogP contribution in [0.5, 0.6) is 0 Å². The van der Waals surface area contributed by atoms with Crippen molar-refractivity contribution in [2.24, 2.45) is 0 Å². The second kappa shape index (κ2) is 7.51. The average molecular weight is 363 g/mol. The van der Waals surface area contributed by atoms with Gasteiger partial charge in [-0.15, -0.1) is 0 Å². The summed E-state index contributed by atoms with van der Waals surface area (Å²) in [6, 6.07) is 13.9. The SMILES string of the molecule is O=C1NC2(CCN(C(=O)CCc3cccnc3)CC2)C[C@@H]1c1ccccc1. The van der Waals surface area contributed by atoms with Crippen LogP contribution >= 0.6 is 0 Å². The molecule has 1 atom stereocenters. The van der Waals surface area contributed by atoms with Crippen molar-refractivity contribution in [1.82, 2.24) is 15.2 Å². The average Bonchev–Trinajstić information content (AvgIpc) is 3.04. The number of benzene rings is 1. The molecule has 0 aliphatic carbocycles. The molecule has 140 valence electrons. The fourth-order valence-electron chi connectivity index (χ4n) is 4.31. The van der Waals surface area contributed by atoms with Gasteiger partial charge in [0.1, 0.15) is 0 Å². The highest BCUT2D eigenvalue weighted by molar-refractivity contribution is 5.87. The molecule has 0 radical (unpaired) electrons. The van der Waals surface area contributed by atoms with Crippen molar-refractivity contribution in [1.29, 1.82) is 0 Å². The molecule has 4 rings (SSSR count). The van der Waals surface area contributed by atoms with Crippen LogP contribution in [-0.4, -0.2) is 40.3 Å². The van der Waals surface area contributed by atoms with E-state index in [0.29, 0.717) is 19.5 Å². The van der Waals surface area contributed by atoms with E-state index < -0.39 is 0 Å². The number of piperidine rings is 1. The first-order valence-electron chi connectivity index (χ1n) is 9.69. The monoisotopic (exact) mass is 363 g/mol. The van der Waals surface area contributed by atoms with Crippen LogP contribution in [-0.2, 0) is 16.0 Å². The van der Waals surface area contributed by atoms with E-state index in [9.17, 15) is 9.59 Å². The van der Waals surface area contributed by atoms with E-state index in [1.807, 2.05) is 53.6 Å². The zero-order chi connectivity index (χ0) is 18.7. The lowest BCUT2D eigenvalue weighted by atomic mass is 9.82. The number of hydrogen-bond acceptors (Lipinski definition) is 3. The lowest BCUT2D eigenvalue weighted by Gasteiger charge is -2.39. The molecule has 5 heteroatoms. The molecule has 2 amide bonds. The molecule has 1 N–H and O–H groups in total.